The van der Waals surface area contributed by atoms with E-state index in [4.69, 9.17) is 17.3 Å². The van der Waals surface area contributed by atoms with Crippen LogP contribution in [-0.2, 0) is 6.42 Å². The number of aromatic nitrogens is 2. The molecule has 0 radical (unpaired) electrons. The minimum Gasteiger partial charge on any atom is -0.396 e. The lowest BCUT2D eigenvalue weighted by molar-refractivity contribution is 0.884. The first kappa shape index (κ1) is 13.7. The molecule has 0 saturated heterocycles. The average Bonchev–Trinajstić information content (AvgIpc) is 2.90. The van der Waals surface area contributed by atoms with Crippen molar-refractivity contribution in [3.05, 3.63) is 65.3 Å². The number of hydrogen-bond acceptors (Lipinski definition) is 2. The SMILES string of the molecule is CCc1ccc(-c2nn(-c3ccc(Cl)cc3)cc2N)cc1. The van der Waals surface area contributed by atoms with Crippen LogP contribution in [0.3, 0.4) is 0 Å². The van der Waals surface area contributed by atoms with Gasteiger partial charge in [-0.25, -0.2) is 4.68 Å². The smallest absolute Gasteiger partial charge is 0.116 e. The van der Waals surface area contributed by atoms with Crippen molar-refractivity contribution in [3.63, 3.8) is 0 Å². The summed E-state index contributed by atoms with van der Waals surface area (Å²) in [5, 5.41) is 5.29. The largest absolute Gasteiger partial charge is 0.396 e. The van der Waals surface area contributed by atoms with Crippen LogP contribution >= 0.6 is 11.6 Å². The van der Waals surface area contributed by atoms with Crippen LogP contribution in [0.25, 0.3) is 16.9 Å². The van der Waals surface area contributed by atoms with Gasteiger partial charge in [-0.2, -0.15) is 5.10 Å². The third kappa shape index (κ3) is 2.78. The topological polar surface area (TPSA) is 43.8 Å². The number of nitrogens with two attached hydrogens (primary N) is 1. The van der Waals surface area contributed by atoms with Gasteiger partial charge in [0.15, 0.2) is 0 Å². The summed E-state index contributed by atoms with van der Waals surface area (Å²) in [5.74, 6) is 0. The number of benzene rings is 2. The standard InChI is InChI=1S/C17H16ClN3/c1-2-12-3-5-13(6-4-12)17-16(19)11-21(20-17)15-9-7-14(18)8-10-15/h3-11H,2,19H2,1H3. The highest BCUT2D eigenvalue weighted by molar-refractivity contribution is 6.30. The van der Waals surface area contributed by atoms with E-state index in [0.717, 1.165) is 23.4 Å². The average molecular weight is 298 g/mol. The van der Waals surface area contributed by atoms with Gasteiger partial charge in [0, 0.05) is 10.6 Å². The molecule has 2 N–H and O–H groups in total. The van der Waals surface area contributed by atoms with Crippen molar-refractivity contribution in [2.24, 2.45) is 0 Å². The molecule has 0 saturated carbocycles. The number of anilines is 1. The van der Waals surface area contributed by atoms with Crippen LogP contribution in [0.4, 0.5) is 5.69 Å². The van der Waals surface area contributed by atoms with Crippen molar-refractivity contribution in [2.75, 3.05) is 5.73 Å². The Bertz CT molecular complexity index is 743. The van der Waals surface area contributed by atoms with Crippen LogP contribution in [0.15, 0.2) is 54.7 Å². The summed E-state index contributed by atoms with van der Waals surface area (Å²) >= 11 is 5.91. The quantitative estimate of drug-likeness (QED) is 0.781. The second kappa shape index (κ2) is 5.62. The van der Waals surface area contributed by atoms with Crippen LogP contribution in [0.1, 0.15) is 12.5 Å². The zero-order chi connectivity index (χ0) is 14.8. The van der Waals surface area contributed by atoms with E-state index in [2.05, 4.69) is 36.3 Å². The molecule has 3 nitrogen and oxygen atoms in total. The van der Waals surface area contributed by atoms with E-state index in [9.17, 15) is 0 Å². The van der Waals surface area contributed by atoms with Crippen LogP contribution in [0, 0.1) is 0 Å². The fourth-order valence-corrected chi connectivity index (χ4v) is 2.36. The lowest BCUT2D eigenvalue weighted by Gasteiger charge is -2.02. The Morgan fingerprint density at radius 2 is 1.71 bits per heavy atom. The highest BCUT2D eigenvalue weighted by Gasteiger charge is 2.09. The third-order valence-corrected chi connectivity index (χ3v) is 3.72. The summed E-state index contributed by atoms with van der Waals surface area (Å²) in [7, 11) is 0. The maximum absolute atomic E-state index is 6.10. The fraction of sp³-hybridized carbons (Fsp3) is 0.118. The number of halogens is 1. The molecule has 0 fully saturated rings. The number of hydrogen-bond donors (Lipinski definition) is 1. The molecule has 4 heteroatoms. The molecule has 0 spiro atoms. The van der Waals surface area contributed by atoms with Gasteiger partial charge < -0.3 is 5.73 Å². The Labute approximate surface area is 129 Å². The van der Waals surface area contributed by atoms with Gasteiger partial charge in [-0.05, 0) is 36.2 Å². The van der Waals surface area contributed by atoms with E-state index in [0.29, 0.717) is 10.7 Å². The summed E-state index contributed by atoms with van der Waals surface area (Å²) < 4.78 is 1.77. The predicted molar refractivity (Wildman–Crippen MR) is 87.8 cm³/mol. The first-order valence-electron chi connectivity index (χ1n) is 6.88. The van der Waals surface area contributed by atoms with Gasteiger partial charge >= 0.3 is 0 Å². The lowest BCUT2D eigenvalue weighted by Crippen LogP contribution is -1.94. The Hall–Kier alpha value is -2.26. The number of aryl methyl sites for hydroxylation is 1. The van der Waals surface area contributed by atoms with E-state index >= 15 is 0 Å². The normalized spacial score (nSPS) is 10.8. The van der Waals surface area contributed by atoms with E-state index in [1.165, 1.54) is 5.56 Å². The molecule has 0 atom stereocenters. The molecule has 0 amide bonds. The molecule has 0 unspecified atom stereocenters. The molecule has 0 aliphatic heterocycles. The van der Waals surface area contributed by atoms with Gasteiger partial charge in [-0.3, -0.25) is 0 Å². The molecule has 3 aromatic rings. The predicted octanol–water partition coefficient (Wildman–Crippen LogP) is 4.34. The van der Waals surface area contributed by atoms with E-state index in [1.807, 2.05) is 30.5 Å². The van der Waals surface area contributed by atoms with E-state index in [1.54, 1.807) is 4.68 Å². The zero-order valence-electron chi connectivity index (χ0n) is 11.8. The van der Waals surface area contributed by atoms with Gasteiger partial charge in [-0.1, -0.05) is 42.8 Å². The van der Waals surface area contributed by atoms with Crippen LogP contribution < -0.4 is 5.73 Å². The van der Waals surface area contributed by atoms with Gasteiger partial charge in [-0.15, -0.1) is 0 Å². The van der Waals surface area contributed by atoms with Crippen molar-refractivity contribution in [2.45, 2.75) is 13.3 Å². The Kier molecular flexibility index (Phi) is 3.67. The molecule has 1 heterocycles. The van der Waals surface area contributed by atoms with E-state index < -0.39 is 0 Å². The molecule has 21 heavy (non-hydrogen) atoms. The van der Waals surface area contributed by atoms with Crippen LogP contribution in [0.2, 0.25) is 5.02 Å². The Morgan fingerprint density at radius 1 is 1.05 bits per heavy atom. The summed E-state index contributed by atoms with van der Waals surface area (Å²) in [6.45, 7) is 2.14. The highest BCUT2D eigenvalue weighted by atomic mass is 35.5. The van der Waals surface area contributed by atoms with Crippen molar-refractivity contribution in [3.8, 4) is 16.9 Å². The second-order valence-electron chi connectivity index (χ2n) is 4.90. The zero-order valence-corrected chi connectivity index (χ0v) is 12.5. The maximum Gasteiger partial charge on any atom is 0.116 e. The minimum atomic E-state index is 0.661. The number of nitrogens with zero attached hydrogens (tertiary/aromatic N) is 2. The number of rotatable bonds is 3. The molecular weight excluding hydrogens is 282 g/mol. The van der Waals surface area contributed by atoms with Crippen molar-refractivity contribution < 1.29 is 0 Å². The minimum absolute atomic E-state index is 0.661. The summed E-state index contributed by atoms with van der Waals surface area (Å²) in [6, 6.07) is 15.8. The van der Waals surface area contributed by atoms with Crippen molar-refractivity contribution in [1.82, 2.24) is 9.78 Å². The van der Waals surface area contributed by atoms with Crippen LogP contribution in [0.5, 0.6) is 0 Å². The summed E-state index contributed by atoms with van der Waals surface area (Å²) in [6.07, 6.45) is 2.85. The number of nitrogen functional groups attached to an aromatic ring is 1. The lowest BCUT2D eigenvalue weighted by atomic mass is 10.1. The maximum atomic E-state index is 6.10. The third-order valence-electron chi connectivity index (χ3n) is 3.47. The molecular formula is C17H16ClN3. The molecule has 106 valence electrons. The first-order chi connectivity index (χ1) is 10.2. The van der Waals surface area contributed by atoms with Gasteiger partial charge in [0.1, 0.15) is 5.69 Å². The second-order valence-corrected chi connectivity index (χ2v) is 5.34. The molecule has 0 aliphatic rings. The Balaban J connectivity index is 1.98. The molecule has 3 rings (SSSR count). The monoisotopic (exact) mass is 297 g/mol. The van der Waals surface area contributed by atoms with Gasteiger partial charge in [0.05, 0.1) is 17.6 Å². The van der Waals surface area contributed by atoms with Gasteiger partial charge in [0.25, 0.3) is 0 Å². The molecule has 0 bridgehead atoms. The highest BCUT2D eigenvalue weighted by Crippen LogP contribution is 2.26. The first-order valence-corrected chi connectivity index (χ1v) is 7.25. The van der Waals surface area contributed by atoms with E-state index in [-0.39, 0.29) is 0 Å². The molecule has 1 aromatic heterocycles. The van der Waals surface area contributed by atoms with Crippen molar-refractivity contribution in [1.29, 1.82) is 0 Å². The fourth-order valence-electron chi connectivity index (χ4n) is 2.24. The van der Waals surface area contributed by atoms with Crippen LogP contribution in [-0.4, -0.2) is 9.78 Å². The Morgan fingerprint density at radius 3 is 2.33 bits per heavy atom. The summed E-state index contributed by atoms with van der Waals surface area (Å²) in [5.41, 5.74) is 10.8. The van der Waals surface area contributed by atoms with Crippen molar-refractivity contribution >= 4 is 17.3 Å². The molecule has 0 aliphatic carbocycles. The van der Waals surface area contributed by atoms with Gasteiger partial charge in [0.2, 0.25) is 0 Å². The molecule has 2 aromatic carbocycles. The summed E-state index contributed by atoms with van der Waals surface area (Å²) in [4.78, 5) is 0.